The van der Waals surface area contributed by atoms with Crippen LogP contribution in [0.1, 0.15) is 24.8 Å². The molecule has 4 nitrogen and oxygen atoms in total. The van der Waals surface area contributed by atoms with Crippen molar-refractivity contribution in [3.63, 3.8) is 0 Å². The molecular weight excluding hydrogens is 228 g/mol. The van der Waals surface area contributed by atoms with Crippen LogP contribution in [0.15, 0.2) is 30.3 Å². The predicted octanol–water partition coefficient (Wildman–Crippen LogP) is 1.14. The van der Waals surface area contributed by atoms with E-state index in [0.29, 0.717) is 18.9 Å². The van der Waals surface area contributed by atoms with E-state index in [1.807, 2.05) is 30.3 Å². The number of ether oxygens (including phenoxy) is 1. The van der Waals surface area contributed by atoms with E-state index in [4.69, 9.17) is 16.2 Å². The molecule has 1 aliphatic carbocycles. The molecule has 18 heavy (non-hydrogen) atoms. The summed E-state index contributed by atoms with van der Waals surface area (Å²) in [4.78, 5) is 11.6. The maximum atomic E-state index is 11.6. The van der Waals surface area contributed by atoms with Crippen LogP contribution in [-0.4, -0.2) is 19.1 Å². The summed E-state index contributed by atoms with van der Waals surface area (Å²) in [5.74, 6) is 0.200. The van der Waals surface area contributed by atoms with Crippen LogP contribution in [0, 0.1) is 5.92 Å². The van der Waals surface area contributed by atoms with Gasteiger partial charge in [0, 0.05) is 19.6 Å². The van der Waals surface area contributed by atoms with E-state index in [1.165, 1.54) is 12.8 Å². The third kappa shape index (κ3) is 3.09. The topological polar surface area (TPSA) is 78.3 Å². The fourth-order valence-electron chi connectivity index (χ4n) is 1.91. The SMILES string of the molecule is NC(=O)C(N)(CCOCC1CC1)c1ccccc1. The summed E-state index contributed by atoms with van der Waals surface area (Å²) in [6, 6.07) is 9.24. The Hall–Kier alpha value is -1.39. The number of amides is 1. The second-order valence-electron chi connectivity index (χ2n) is 4.97. The molecule has 1 atom stereocenters. The molecule has 0 spiro atoms. The number of nitrogens with two attached hydrogens (primary N) is 2. The van der Waals surface area contributed by atoms with Crippen molar-refractivity contribution >= 4 is 5.91 Å². The first-order valence-electron chi connectivity index (χ1n) is 6.35. The smallest absolute Gasteiger partial charge is 0.242 e. The largest absolute Gasteiger partial charge is 0.381 e. The highest BCUT2D eigenvalue weighted by molar-refractivity contribution is 5.85. The average Bonchev–Trinajstić information content (AvgIpc) is 3.19. The molecule has 2 rings (SSSR count). The van der Waals surface area contributed by atoms with Gasteiger partial charge in [-0.25, -0.2) is 0 Å². The molecule has 1 amide bonds. The number of benzene rings is 1. The van der Waals surface area contributed by atoms with Crippen LogP contribution in [0.4, 0.5) is 0 Å². The van der Waals surface area contributed by atoms with Crippen molar-refractivity contribution in [3.8, 4) is 0 Å². The monoisotopic (exact) mass is 248 g/mol. The molecule has 0 aliphatic heterocycles. The second kappa shape index (κ2) is 5.50. The number of hydrogen-bond acceptors (Lipinski definition) is 3. The number of primary amides is 1. The molecule has 98 valence electrons. The van der Waals surface area contributed by atoms with E-state index >= 15 is 0 Å². The Morgan fingerprint density at radius 3 is 2.56 bits per heavy atom. The van der Waals surface area contributed by atoms with Gasteiger partial charge in [-0.15, -0.1) is 0 Å². The first kappa shape index (κ1) is 13.1. The summed E-state index contributed by atoms with van der Waals surface area (Å²) >= 11 is 0. The van der Waals surface area contributed by atoms with Crippen molar-refractivity contribution in [2.75, 3.05) is 13.2 Å². The summed E-state index contributed by atoms with van der Waals surface area (Å²) in [6.07, 6.45) is 2.92. The lowest BCUT2D eigenvalue weighted by molar-refractivity contribution is -0.124. The van der Waals surface area contributed by atoms with Gasteiger partial charge in [0.2, 0.25) is 5.91 Å². The van der Waals surface area contributed by atoms with Gasteiger partial charge in [0.1, 0.15) is 5.54 Å². The first-order valence-corrected chi connectivity index (χ1v) is 6.35. The van der Waals surface area contributed by atoms with Gasteiger partial charge in [-0.3, -0.25) is 4.79 Å². The number of carbonyl (C=O) groups is 1. The summed E-state index contributed by atoms with van der Waals surface area (Å²) < 4.78 is 5.54. The van der Waals surface area contributed by atoms with Gasteiger partial charge in [-0.1, -0.05) is 30.3 Å². The van der Waals surface area contributed by atoms with Gasteiger partial charge in [0.25, 0.3) is 0 Å². The molecule has 0 aromatic heterocycles. The zero-order valence-corrected chi connectivity index (χ0v) is 10.5. The van der Waals surface area contributed by atoms with E-state index in [1.54, 1.807) is 0 Å². The molecule has 0 heterocycles. The summed E-state index contributed by atoms with van der Waals surface area (Å²) in [6.45, 7) is 1.23. The summed E-state index contributed by atoms with van der Waals surface area (Å²) in [5.41, 5.74) is 11.2. The van der Waals surface area contributed by atoms with Crippen LogP contribution in [0.2, 0.25) is 0 Å². The Kier molecular flexibility index (Phi) is 3.99. The standard InChI is InChI=1S/C14H20N2O2/c15-13(17)14(16,12-4-2-1-3-5-12)8-9-18-10-11-6-7-11/h1-5,11H,6-10,16H2,(H2,15,17). The maximum absolute atomic E-state index is 11.6. The highest BCUT2D eigenvalue weighted by Gasteiger charge is 2.33. The quantitative estimate of drug-likeness (QED) is 0.710. The van der Waals surface area contributed by atoms with Gasteiger partial charge >= 0.3 is 0 Å². The lowest BCUT2D eigenvalue weighted by Crippen LogP contribution is -2.49. The fraction of sp³-hybridized carbons (Fsp3) is 0.500. The van der Waals surface area contributed by atoms with Gasteiger partial charge < -0.3 is 16.2 Å². The Morgan fingerprint density at radius 1 is 1.33 bits per heavy atom. The molecule has 1 aliphatic rings. The van der Waals surface area contributed by atoms with Crippen molar-refractivity contribution in [1.82, 2.24) is 0 Å². The van der Waals surface area contributed by atoms with Crippen LogP contribution in [0.5, 0.6) is 0 Å². The zero-order chi connectivity index (χ0) is 13.0. The van der Waals surface area contributed by atoms with Crippen LogP contribution < -0.4 is 11.5 Å². The number of hydrogen-bond donors (Lipinski definition) is 2. The van der Waals surface area contributed by atoms with Crippen LogP contribution >= 0.6 is 0 Å². The Bertz CT molecular complexity index is 404. The van der Waals surface area contributed by atoms with Crippen molar-refractivity contribution in [1.29, 1.82) is 0 Å². The average molecular weight is 248 g/mol. The van der Waals surface area contributed by atoms with Gasteiger partial charge in [0.05, 0.1) is 0 Å². The molecule has 1 fully saturated rings. The molecule has 0 radical (unpaired) electrons. The van der Waals surface area contributed by atoms with Crippen molar-refractivity contribution in [3.05, 3.63) is 35.9 Å². The lowest BCUT2D eigenvalue weighted by Gasteiger charge is -2.26. The Balaban J connectivity index is 1.95. The lowest BCUT2D eigenvalue weighted by atomic mass is 9.87. The normalized spacial score (nSPS) is 18.3. The van der Waals surface area contributed by atoms with Gasteiger partial charge in [0.15, 0.2) is 0 Å². The summed E-state index contributed by atoms with van der Waals surface area (Å²) in [5, 5.41) is 0. The molecule has 4 heteroatoms. The van der Waals surface area contributed by atoms with E-state index in [2.05, 4.69) is 0 Å². The minimum Gasteiger partial charge on any atom is -0.381 e. The minimum absolute atomic E-state index is 0.416. The summed E-state index contributed by atoms with van der Waals surface area (Å²) in [7, 11) is 0. The highest BCUT2D eigenvalue weighted by Crippen LogP contribution is 2.29. The van der Waals surface area contributed by atoms with Gasteiger partial charge in [-0.2, -0.15) is 0 Å². The Labute approximate surface area is 107 Å². The van der Waals surface area contributed by atoms with Crippen LogP contribution in [0.3, 0.4) is 0 Å². The van der Waals surface area contributed by atoms with Crippen molar-refractivity contribution in [2.45, 2.75) is 24.8 Å². The molecule has 1 unspecified atom stereocenters. The number of carbonyl (C=O) groups excluding carboxylic acids is 1. The highest BCUT2D eigenvalue weighted by atomic mass is 16.5. The van der Waals surface area contributed by atoms with Crippen molar-refractivity contribution in [2.24, 2.45) is 17.4 Å². The van der Waals surface area contributed by atoms with E-state index < -0.39 is 11.4 Å². The van der Waals surface area contributed by atoms with E-state index in [9.17, 15) is 4.79 Å². The molecular formula is C14H20N2O2. The second-order valence-corrected chi connectivity index (χ2v) is 4.97. The zero-order valence-electron chi connectivity index (χ0n) is 10.5. The van der Waals surface area contributed by atoms with E-state index in [0.717, 1.165) is 12.2 Å². The first-order chi connectivity index (χ1) is 8.63. The van der Waals surface area contributed by atoms with Crippen LogP contribution in [-0.2, 0) is 15.1 Å². The van der Waals surface area contributed by atoms with E-state index in [-0.39, 0.29) is 0 Å². The predicted molar refractivity (Wildman–Crippen MR) is 69.7 cm³/mol. The maximum Gasteiger partial charge on any atom is 0.242 e. The molecule has 0 saturated heterocycles. The van der Waals surface area contributed by atoms with Crippen LogP contribution in [0.25, 0.3) is 0 Å². The molecule has 1 aromatic carbocycles. The number of rotatable bonds is 7. The fourth-order valence-corrected chi connectivity index (χ4v) is 1.91. The molecule has 1 saturated carbocycles. The van der Waals surface area contributed by atoms with Gasteiger partial charge in [-0.05, 0) is 24.3 Å². The third-order valence-corrected chi connectivity index (χ3v) is 3.42. The molecule has 1 aromatic rings. The molecule has 0 bridgehead atoms. The minimum atomic E-state index is -1.13. The third-order valence-electron chi connectivity index (χ3n) is 3.42. The van der Waals surface area contributed by atoms with Crippen molar-refractivity contribution < 1.29 is 9.53 Å². The Morgan fingerprint density at radius 2 is 2.00 bits per heavy atom. The molecule has 4 N–H and O–H groups in total.